The van der Waals surface area contributed by atoms with Crippen molar-refractivity contribution in [3.8, 4) is 11.5 Å². The number of nitrogens with one attached hydrogen (secondary N) is 1. The summed E-state index contributed by atoms with van der Waals surface area (Å²) >= 11 is 3.53. The highest BCUT2D eigenvalue weighted by atomic mass is 79.9. The zero-order valence-corrected chi connectivity index (χ0v) is 18.3. The number of likely N-dealkylation sites (tertiary alicyclic amines) is 1. The summed E-state index contributed by atoms with van der Waals surface area (Å²) in [5, 5.41) is 3.06. The number of rotatable bonds is 6. The van der Waals surface area contributed by atoms with Crippen LogP contribution < -0.4 is 10.1 Å². The second-order valence-corrected chi connectivity index (χ2v) is 8.52. The molecule has 1 heterocycles. The van der Waals surface area contributed by atoms with Crippen LogP contribution in [0.3, 0.4) is 0 Å². The van der Waals surface area contributed by atoms with Gasteiger partial charge in [-0.3, -0.25) is 9.69 Å². The summed E-state index contributed by atoms with van der Waals surface area (Å²) in [4.78, 5) is 15.1. The Morgan fingerprint density at radius 3 is 2.33 bits per heavy atom. The molecule has 3 aromatic carbocycles. The molecular weight excluding hydrogens is 440 g/mol. The zero-order chi connectivity index (χ0) is 20.8. The molecule has 1 fully saturated rings. The molecule has 0 spiro atoms. The maximum Gasteiger partial charge on any atom is 0.227 e. The summed E-state index contributed by atoms with van der Waals surface area (Å²) in [5.41, 5.74) is 2.10. The van der Waals surface area contributed by atoms with Gasteiger partial charge in [-0.25, -0.2) is 0 Å². The predicted octanol–water partition coefficient (Wildman–Crippen LogP) is 6.09. The number of hydrogen-bond acceptors (Lipinski definition) is 3. The van der Waals surface area contributed by atoms with Gasteiger partial charge in [-0.1, -0.05) is 46.3 Å². The lowest BCUT2D eigenvalue weighted by atomic mass is 9.95. The van der Waals surface area contributed by atoms with Gasteiger partial charge >= 0.3 is 0 Å². The van der Waals surface area contributed by atoms with Crippen molar-refractivity contribution < 1.29 is 9.53 Å². The fourth-order valence-electron chi connectivity index (χ4n) is 3.72. The first-order chi connectivity index (χ1) is 14.7. The number of anilines is 1. The monoisotopic (exact) mass is 464 g/mol. The van der Waals surface area contributed by atoms with E-state index in [1.807, 2.05) is 60.7 Å². The van der Waals surface area contributed by atoms with Gasteiger partial charge in [-0.2, -0.15) is 0 Å². The van der Waals surface area contributed by atoms with E-state index in [0.717, 1.165) is 54.1 Å². The number of benzene rings is 3. The van der Waals surface area contributed by atoms with Crippen LogP contribution in [-0.2, 0) is 11.3 Å². The van der Waals surface area contributed by atoms with Crippen LogP contribution in [0, 0.1) is 5.92 Å². The van der Waals surface area contributed by atoms with Crippen LogP contribution in [0.1, 0.15) is 18.4 Å². The highest BCUT2D eigenvalue weighted by molar-refractivity contribution is 9.10. The minimum absolute atomic E-state index is 0.0593. The Hall–Kier alpha value is -2.63. The molecule has 0 aliphatic carbocycles. The van der Waals surface area contributed by atoms with Gasteiger partial charge in [0.05, 0.1) is 0 Å². The number of piperidine rings is 1. The number of carbonyl (C=O) groups is 1. The van der Waals surface area contributed by atoms with E-state index in [0.29, 0.717) is 0 Å². The van der Waals surface area contributed by atoms with Crippen LogP contribution >= 0.6 is 15.9 Å². The quantitative estimate of drug-likeness (QED) is 0.479. The topological polar surface area (TPSA) is 41.6 Å². The number of para-hydroxylation sites is 1. The molecule has 30 heavy (non-hydrogen) atoms. The second-order valence-electron chi connectivity index (χ2n) is 7.61. The van der Waals surface area contributed by atoms with Crippen molar-refractivity contribution in [2.75, 3.05) is 18.4 Å². The first-order valence-corrected chi connectivity index (χ1v) is 11.1. The van der Waals surface area contributed by atoms with Crippen molar-refractivity contribution in [3.63, 3.8) is 0 Å². The summed E-state index contributed by atoms with van der Waals surface area (Å²) in [6.45, 7) is 2.81. The normalized spacial score (nSPS) is 15.0. The molecule has 0 unspecified atom stereocenters. The minimum Gasteiger partial charge on any atom is -0.457 e. The van der Waals surface area contributed by atoms with E-state index in [1.165, 1.54) is 5.56 Å². The molecule has 0 atom stereocenters. The maximum atomic E-state index is 12.7. The number of nitrogens with zero attached hydrogens (tertiary/aromatic N) is 1. The molecule has 1 aliphatic heterocycles. The van der Waals surface area contributed by atoms with E-state index in [1.54, 1.807) is 0 Å². The van der Waals surface area contributed by atoms with Crippen molar-refractivity contribution in [2.24, 2.45) is 5.92 Å². The summed E-state index contributed by atoms with van der Waals surface area (Å²) in [6, 6.07) is 25.6. The zero-order valence-electron chi connectivity index (χ0n) is 16.8. The summed E-state index contributed by atoms with van der Waals surface area (Å²) < 4.78 is 6.91. The fraction of sp³-hybridized carbons (Fsp3) is 0.240. The lowest BCUT2D eigenvalue weighted by Crippen LogP contribution is -2.37. The first kappa shape index (κ1) is 20.6. The molecular formula is C25H25BrN2O2. The molecule has 1 N–H and O–H groups in total. The molecule has 1 saturated heterocycles. The Labute approximate surface area is 186 Å². The van der Waals surface area contributed by atoms with Crippen LogP contribution in [0.2, 0.25) is 0 Å². The van der Waals surface area contributed by atoms with E-state index in [9.17, 15) is 4.79 Å². The fourth-order valence-corrected chi connectivity index (χ4v) is 4.17. The highest BCUT2D eigenvalue weighted by Gasteiger charge is 2.25. The highest BCUT2D eigenvalue weighted by Crippen LogP contribution is 2.25. The van der Waals surface area contributed by atoms with Crippen molar-refractivity contribution in [3.05, 3.63) is 88.9 Å². The third kappa shape index (κ3) is 5.71. The van der Waals surface area contributed by atoms with Gasteiger partial charge in [0.1, 0.15) is 11.5 Å². The van der Waals surface area contributed by atoms with E-state index in [4.69, 9.17) is 4.74 Å². The molecule has 0 aromatic heterocycles. The van der Waals surface area contributed by atoms with Crippen molar-refractivity contribution >= 4 is 27.5 Å². The Morgan fingerprint density at radius 2 is 1.63 bits per heavy atom. The van der Waals surface area contributed by atoms with Gasteiger partial charge in [0.15, 0.2) is 0 Å². The van der Waals surface area contributed by atoms with Crippen LogP contribution in [0.5, 0.6) is 11.5 Å². The third-order valence-electron chi connectivity index (χ3n) is 5.35. The van der Waals surface area contributed by atoms with Gasteiger partial charge < -0.3 is 10.1 Å². The molecule has 3 aromatic rings. The minimum atomic E-state index is 0.0593. The lowest BCUT2D eigenvalue weighted by molar-refractivity contribution is -0.121. The molecule has 0 saturated carbocycles. The van der Waals surface area contributed by atoms with E-state index < -0.39 is 0 Å². The Bertz CT molecular complexity index is 968. The molecule has 1 amide bonds. The molecule has 0 radical (unpaired) electrons. The summed E-state index contributed by atoms with van der Waals surface area (Å²) in [7, 11) is 0. The van der Waals surface area contributed by atoms with Gasteiger partial charge in [-0.15, -0.1) is 0 Å². The van der Waals surface area contributed by atoms with Gasteiger partial charge in [0.2, 0.25) is 5.91 Å². The average Bonchev–Trinajstić information content (AvgIpc) is 2.76. The van der Waals surface area contributed by atoms with Gasteiger partial charge in [0, 0.05) is 22.6 Å². The third-order valence-corrected chi connectivity index (χ3v) is 5.85. The van der Waals surface area contributed by atoms with Gasteiger partial charge in [-0.05, 0) is 80.0 Å². The Morgan fingerprint density at radius 1 is 0.933 bits per heavy atom. The standard InChI is InChI=1S/C25H25BrN2O2/c26-21-6-4-5-19(17-21)18-28-15-13-20(14-16-28)25(29)27-22-9-11-24(12-10-22)30-23-7-2-1-3-8-23/h1-12,17,20H,13-16,18H2,(H,27,29). The van der Waals surface area contributed by atoms with E-state index in [2.05, 4.69) is 44.3 Å². The molecule has 0 bridgehead atoms. The number of hydrogen-bond donors (Lipinski definition) is 1. The van der Waals surface area contributed by atoms with Crippen LogP contribution in [0.25, 0.3) is 0 Å². The molecule has 4 rings (SSSR count). The van der Waals surface area contributed by atoms with Crippen molar-refractivity contribution in [1.82, 2.24) is 4.90 Å². The first-order valence-electron chi connectivity index (χ1n) is 10.3. The molecule has 154 valence electrons. The predicted molar refractivity (Wildman–Crippen MR) is 124 cm³/mol. The second kappa shape index (κ2) is 9.92. The largest absolute Gasteiger partial charge is 0.457 e. The van der Waals surface area contributed by atoms with Crippen LogP contribution in [-0.4, -0.2) is 23.9 Å². The molecule has 5 heteroatoms. The SMILES string of the molecule is O=C(Nc1ccc(Oc2ccccc2)cc1)C1CCN(Cc2cccc(Br)c2)CC1. The number of ether oxygens (including phenoxy) is 1. The Balaban J connectivity index is 1.25. The van der Waals surface area contributed by atoms with E-state index >= 15 is 0 Å². The van der Waals surface area contributed by atoms with Crippen LogP contribution in [0.15, 0.2) is 83.3 Å². The van der Waals surface area contributed by atoms with Gasteiger partial charge in [0.25, 0.3) is 0 Å². The van der Waals surface area contributed by atoms with E-state index in [-0.39, 0.29) is 11.8 Å². The summed E-state index contributed by atoms with van der Waals surface area (Å²) in [6.07, 6.45) is 1.77. The number of carbonyl (C=O) groups excluding carboxylic acids is 1. The molecule has 4 nitrogen and oxygen atoms in total. The lowest BCUT2D eigenvalue weighted by Gasteiger charge is -2.31. The smallest absolute Gasteiger partial charge is 0.227 e. The average molecular weight is 465 g/mol. The summed E-state index contributed by atoms with van der Waals surface area (Å²) in [5.74, 6) is 1.71. The van der Waals surface area contributed by atoms with Crippen LogP contribution in [0.4, 0.5) is 5.69 Å². The number of amides is 1. The van der Waals surface area contributed by atoms with Crippen molar-refractivity contribution in [1.29, 1.82) is 0 Å². The molecule has 1 aliphatic rings. The Kier molecular flexibility index (Phi) is 6.82. The number of halogens is 1. The maximum absolute atomic E-state index is 12.7. The van der Waals surface area contributed by atoms with Crippen molar-refractivity contribution in [2.45, 2.75) is 19.4 Å².